The second-order valence-electron chi connectivity index (χ2n) is 0.600. The highest BCUT2D eigenvalue weighted by atomic mass is 28.4. The van der Waals surface area contributed by atoms with Crippen molar-refractivity contribution in [1.29, 1.82) is 0 Å². The zero-order valence-electron chi connectivity index (χ0n) is 3.50. The average molecular weight is 149 g/mol. The van der Waals surface area contributed by atoms with Crippen LogP contribution in [0.1, 0.15) is 0 Å². The van der Waals surface area contributed by atoms with Crippen LogP contribution in [0, 0.1) is 0 Å². The van der Waals surface area contributed by atoms with Crippen LogP contribution in [-0.4, -0.2) is 62.2 Å². The molecule has 0 saturated heterocycles. The molecule has 0 aliphatic rings. The van der Waals surface area contributed by atoms with E-state index in [9.17, 15) is 0 Å². The SMILES string of the molecule is O[Si](O)(O)O.[Mg].[Si]. The Morgan fingerprint density at radius 2 is 0.857 bits per heavy atom. The molecular weight excluding hydrogens is 144 g/mol. The fourth-order valence-corrected chi connectivity index (χ4v) is 0. The molecule has 0 aromatic heterocycles. The fourth-order valence-electron chi connectivity index (χ4n) is 0. The third-order valence-electron chi connectivity index (χ3n) is 0. The summed E-state index contributed by atoms with van der Waals surface area (Å²) in [6.45, 7) is 0. The van der Waals surface area contributed by atoms with Gasteiger partial charge in [0.2, 0.25) is 0 Å². The summed E-state index contributed by atoms with van der Waals surface area (Å²) in [6, 6.07) is 0. The lowest BCUT2D eigenvalue weighted by molar-refractivity contribution is 0.117. The highest BCUT2D eigenvalue weighted by molar-refractivity contribution is 6.46. The molecule has 0 saturated carbocycles. The topological polar surface area (TPSA) is 80.9 Å². The highest BCUT2D eigenvalue weighted by Gasteiger charge is 2.22. The third kappa shape index (κ3) is 165. The molecule has 0 aliphatic carbocycles. The van der Waals surface area contributed by atoms with Crippen molar-refractivity contribution in [2.45, 2.75) is 0 Å². The zero-order valence-corrected chi connectivity index (χ0v) is 6.91. The predicted molar refractivity (Wildman–Crippen MR) is 26.1 cm³/mol. The van der Waals surface area contributed by atoms with Crippen LogP contribution in [0.2, 0.25) is 0 Å². The largest absolute Gasteiger partial charge is 0.668 e. The maximum absolute atomic E-state index is 7.33. The Hall–Kier alpha value is 1.04. The number of rotatable bonds is 0. The van der Waals surface area contributed by atoms with Gasteiger partial charge in [0.15, 0.2) is 0 Å². The quantitative estimate of drug-likeness (QED) is 0.271. The van der Waals surface area contributed by atoms with Gasteiger partial charge in [-0.2, -0.15) is 0 Å². The minimum atomic E-state index is -4.61. The average Bonchev–Trinajstić information content (AvgIpc) is 0.722. The fraction of sp³-hybridized carbons (Fsp3) is 0. The van der Waals surface area contributed by atoms with E-state index < -0.39 is 9.05 Å². The van der Waals surface area contributed by atoms with Crippen molar-refractivity contribution in [2.24, 2.45) is 0 Å². The van der Waals surface area contributed by atoms with Crippen LogP contribution in [0.3, 0.4) is 0 Å². The maximum atomic E-state index is 7.33. The molecule has 4 N–H and O–H groups in total. The summed E-state index contributed by atoms with van der Waals surface area (Å²) in [5, 5.41) is 0. The minimum Gasteiger partial charge on any atom is -0.368 e. The van der Waals surface area contributed by atoms with E-state index in [2.05, 4.69) is 0 Å². The van der Waals surface area contributed by atoms with Crippen LogP contribution < -0.4 is 0 Å². The Labute approximate surface area is 62.5 Å². The van der Waals surface area contributed by atoms with E-state index in [1.807, 2.05) is 0 Å². The van der Waals surface area contributed by atoms with E-state index in [1.165, 1.54) is 0 Å². The van der Waals surface area contributed by atoms with E-state index in [4.69, 9.17) is 19.2 Å². The Morgan fingerprint density at radius 3 is 0.857 bits per heavy atom. The van der Waals surface area contributed by atoms with Gasteiger partial charge >= 0.3 is 9.05 Å². The molecule has 0 rings (SSSR count). The summed E-state index contributed by atoms with van der Waals surface area (Å²) in [4.78, 5) is 29.3. The summed E-state index contributed by atoms with van der Waals surface area (Å²) in [6.07, 6.45) is 0. The summed E-state index contributed by atoms with van der Waals surface area (Å²) in [5.74, 6) is 0. The van der Waals surface area contributed by atoms with Gasteiger partial charge in [-0.3, -0.25) is 0 Å². The molecule has 0 spiro atoms. The predicted octanol–water partition coefficient (Wildman–Crippen LogP) is -3.37. The molecule has 38 valence electrons. The van der Waals surface area contributed by atoms with Crippen molar-refractivity contribution in [3.05, 3.63) is 0 Å². The van der Waals surface area contributed by atoms with Gasteiger partial charge in [-0.05, 0) is 0 Å². The molecule has 6 radical (unpaired) electrons. The maximum Gasteiger partial charge on any atom is 0.668 e. The van der Waals surface area contributed by atoms with Gasteiger partial charge in [0, 0.05) is 34.0 Å². The second kappa shape index (κ2) is 5.18. The van der Waals surface area contributed by atoms with Crippen LogP contribution in [0.5, 0.6) is 0 Å². The Morgan fingerprint density at radius 1 is 0.857 bits per heavy atom. The van der Waals surface area contributed by atoms with Gasteiger partial charge < -0.3 is 19.2 Å². The Bertz CT molecular complexity index is 25.2. The first-order valence-corrected chi connectivity index (χ1v) is 2.68. The van der Waals surface area contributed by atoms with Crippen LogP contribution >= 0.6 is 0 Å². The first-order valence-electron chi connectivity index (χ1n) is 0.894. The first kappa shape index (κ1) is 15.7. The summed E-state index contributed by atoms with van der Waals surface area (Å²) in [5.41, 5.74) is 0. The lowest BCUT2D eigenvalue weighted by Gasteiger charge is -1.91. The first-order chi connectivity index (χ1) is 2.00. The molecule has 4 nitrogen and oxygen atoms in total. The van der Waals surface area contributed by atoms with Crippen molar-refractivity contribution >= 4 is 43.1 Å². The van der Waals surface area contributed by atoms with Crippen molar-refractivity contribution in [1.82, 2.24) is 0 Å². The minimum absolute atomic E-state index is 0. The van der Waals surface area contributed by atoms with Gasteiger partial charge in [-0.15, -0.1) is 0 Å². The van der Waals surface area contributed by atoms with E-state index in [-0.39, 0.29) is 34.0 Å². The molecule has 0 atom stereocenters. The van der Waals surface area contributed by atoms with Crippen LogP contribution in [0.25, 0.3) is 0 Å². The van der Waals surface area contributed by atoms with Gasteiger partial charge in [0.05, 0.1) is 0 Å². The van der Waals surface area contributed by atoms with E-state index in [0.717, 1.165) is 0 Å². The van der Waals surface area contributed by atoms with Crippen molar-refractivity contribution in [3.63, 3.8) is 0 Å². The monoisotopic (exact) mass is 148 g/mol. The normalized spacial score (nSPS) is 8.57. The van der Waals surface area contributed by atoms with Gasteiger partial charge in [-0.1, -0.05) is 0 Å². The van der Waals surface area contributed by atoms with E-state index >= 15 is 0 Å². The summed E-state index contributed by atoms with van der Waals surface area (Å²) < 4.78 is 0. The highest BCUT2D eigenvalue weighted by Crippen LogP contribution is 1.67. The molecular formula is H4MgO4Si2. The lowest BCUT2D eigenvalue weighted by Crippen LogP contribution is -2.33. The molecule has 0 fully saturated rings. The molecule has 0 heterocycles. The van der Waals surface area contributed by atoms with Crippen molar-refractivity contribution in [3.8, 4) is 0 Å². The summed E-state index contributed by atoms with van der Waals surface area (Å²) >= 11 is 0. The molecule has 7 heavy (non-hydrogen) atoms. The molecule has 0 unspecified atom stereocenters. The molecule has 0 bridgehead atoms. The molecule has 0 aromatic rings. The van der Waals surface area contributed by atoms with Crippen LogP contribution in [0.4, 0.5) is 0 Å². The van der Waals surface area contributed by atoms with Gasteiger partial charge in [-0.25, -0.2) is 0 Å². The van der Waals surface area contributed by atoms with Crippen LogP contribution in [0.15, 0.2) is 0 Å². The van der Waals surface area contributed by atoms with Crippen molar-refractivity contribution in [2.75, 3.05) is 0 Å². The molecule has 0 aliphatic heterocycles. The van der Waals surface area contributed by atoms with Gasteiger partial charge in [0.1, 0.15) is 0 Å². The van der Waals surface area contributed by atoms with E-state index in [0.29, 0.717) is 0 Å². The van der Waals surface area contributed by atoms with Crippen LogP contribution in [-0.2, 0) is 0 Å². The van der Waals surface area contributed by atoms with Crippen molar-refractivity contribution < 1.29 is 19.2 Å². The smallest absolute Gasteiger partial charge is 0.368 e. The third-order valence-corrected chi connectivity index (χ3v) is 0. The zero-order chi connectivity index (χ0) is 4.50. The second-order valence-corrected chi connectivity index (χ2v) is 1.80. The molecule has 7 heteroatoms. The number of hydrogen-bond donors (Lipinski definition) is 4. The molecule has 0 aromatic carbocycles. The van der Waals surface area contributed by atoms with E-state index in [1.54, 1.807) is 0 Å². The summed E-state index contributed by atoms with van der Waals surface area (Å²) in [7, 11) is -4.61. The Balaban J connectivity index is -0.0000000800. The number of hydrogen-bond acceptors (Lipinski definition) is 4. The standard InChI is InChI=1S/Mg.H4O4Si.Si/c;1-5(2,3)4;/h;1-4H;. The molecule has 0 amide bonds. The Kier molecular flexibility index (Phi) is 11.6. The van der Waals surface area contributed by atoms with Gasteiger partial charge in [0.25, 0.3) is 0 Å². The lowest BCUT2D eigenvalue weighted by atomic mass is 15.7.